The van der Waals surface area contributed by atoms with E-state index in [4.69, 9.17) is 0 Å². The number of hydrogen-bond donors (Lipinski definition) is 0. The lowest BCUT2D eigenvalue weighted by atomic mass is 9.97. The highest BCUT2D eigenvalue weighted by molar-refractivity contribution is 9.11. The smallest absolute Gasteiger partial charge is 0.137 e. The van der Waals surface area contributed by atoms with Crippen molar-refractivity contribution >= 4 is 39.5 Å². The molecule has 0 aromatic heterocycles. The van der Waals surface area contributed by atoms with Gasteiger partial charge in [0.05, 0.1) is 4.57 Å². The molecule has 0 saturated carbocycles. The Bertz CT molecular complexity index is 949. The fourth-order valence-electron chi connectivity index (χ4n) is 3.47. The van der Waals surface area contributed by atoms with E-state index in [9.17, 15) is 4.57 Å². The van der Waals surface area contributed by atoms with E-state index in [2.05, 4.69) is 40.2 Å². The molecule has 25 heavy (non-hydrogen) atoms. The number of hydrogen-bond acceptors (Lipinski definition) is 1. The molecule has 0 fully saturated rings. The van der Waals surface area contributed by atoms with Crippen molar-refractivity contribution < 1.29 is 4.57 Å². The van der Waals surface area contributed by atoms with Crippen molar-refractivity contribution in [2.75, 3.05) is 6.16 Å². The molecule has 2 atom stereocenters. The maximum Gasteiger partial charge on any atom is 0.137 e. The Morgan fingerprint density at radius 1 is 0.720 bits per heavy atom. The highest BCUT2D eigenvalue weighted by atomic mass is 79.9. The first-order valence-electron chi connectivity index (χ1n) is 8.32. The second-order valence-corrected chi connectivity index (χ2v) is 10.8. The highest BCUT2D eigenvalue weighted by Gasteiger charge is 2.44. The standard InChI is InChI=1S/C22H18BrOP/c23-22-21(18-12-6-2-7-13-18)20(17-10-4-1-5-11-17)16-25(22,24)19-14-8-3-9-15-19/h1-15,22H,16H2. The molecule has 3 heteroatoms. The summed E-state index contributed by atoms with van der Waals surface area (Å²) in [6.07, 6.45) is 0.584. The van der Waals surface area contributed by atoms with Crippen LogP contribution in [0.15, 0.2) is 91.0 Å². The summed E-state index contributed by atoms with van der Waals surface area (Å²) >= 11 is 3.82. The Labute approximate surface area is 156 Å². The highest BCUT2D eigenvalue weighted by Crippen LogP contribution is 2.65. The van der Waals surface area contributed by atoms with Crippen molar-refractivity contribution in [3.63, 3.8) is 0 Å². The molecule has 1 heterocycles. The van der Waals surface area contributed by atoms with Gasteiger partial charge in [0.15, 0.2) is 0 Å². The topological polar surface area (TPSA) is 17.1 Å². The van der Waals surface area contributed by atoms with Gasteiger partial charge in [-0.3, -0.25) is 0 Å². The largest absolute Gasteiger partial charge is 0.317 e. The van der Waals surface area contributed by atoms with Gasteiger partial charge in [0.1, 0.15) is 7.14 Å². The molecule has 0 spiro atoms. The molecule has 0 amide bonds. The molecule has 0 aliphatic carbocycles. The van der Waals surface area contributed by atoms with Crippen molar-refractivity contribution in [2.24, 2.45) is 0 Å². The maximum absolute atomic E-state index is 14.0. The van der Waals surface area contributed by atoms with Gasteiger partial charge in [0, 0.05) is 11.5 Å². The van der Waals surface area contributed by atoms with Crippen LogP contribution in [0.1, 0.15) is 11.1 Å². The Morgan fingerprint density at radius 2 is 1.20 bits per heavy atom. The van der Waals surface area contributed by atoms with E-state index < -0.39 is 7.14 Å². The third kappa shape index (κ3) is 2.94. The van der Waals surface area contributed by atoms with Crippen molar-refractivity contribution in [3.8, 4) is 0 Å². The SMILES string of the molecule is O=P1(c2ccccc2)CC(c2ccccc2)=C(c2ccccc2)C1Br. The van der Waals surface area contributed by atoms with E-state index >= 15 is 0 Å². The third-order valence-corrected chi connectivity index (χ3v) is 10.1. The van der Waals surface area contributed by atoms with Crippen LogP contribution < -0.4 is 5.30 Å². The molecule has 1 aliphatic heterocycles. The second-order valence-electron chi connectivity index (χ2n) is 6.25. The molecule has 0 radical (unpaired) electrons. The first-order chi connectivity index (χ1) is 12.2. The molecule has 124 valence electrons. The molecule has 3 aromatic rings. The summed E-state index contributed by atoms with van der Waals surface area (Å²) in [5.41, 5.74) is 4.62. The van der Waals surface area contributed by atoms with Gasteiger partial charge in [-0.25, -0.2) is 0 Å². The zero-order valence-electron chi connectivity index (χ0n) is 13.7. The predicted molar refractivity (Wildman–Crippen MR) is 111 cm³/mol. The van der Waals surface area contributed by atoms with E-state index in [1.807, 2.05) is 66.7 Å². The summed E-state index contributed by atoms with van der Waals surface area (Å²) in [7, 11) is -2.61. The Hall–Kier alpha value is -1.89. The van der Waals surface area contributed by atoms with Crippen molar-refractivity contribution in [1.29, 1.82) is 0 Å². The van der Waals surface area contributed by atoms with Crippen molar-refractivity contribution in [1.82, 2.24) is 0 Å². The maximum atomic E-state index is 14.0. The van der Waals surface area contributed by atoms with Crippen LogP contribution in [-0.2, 0) is 4.57 Å². The summed E-state index contributed by atoms with van der Waals surface area (Å²) in [5, 5.41) is 0.941. The van der Waals surface area contributed by atoms with Gasteiger partial charge in [-0.2, -0.15) is 0 Å². The van der Waals surface area contributed by atoms with Crippen LogP contribution >= 0.6 is 23.1 Å². The van der Waals surface area contributed by atoms with Crippen molar-refractivity contribution in [3.05, 3.63) is 102 Å². The molecule has 2 unspecified atom stereocenters. The first kappa shape index (κ1) is 16.6. The normalized spacial score (nSPS) is 23.0. The minimum Gasteiger partial charge on any atom is -0.317 e. The number of alkyl halides is 1. The lowest BCUT2D eigenvalue weighted by Gasteiger charge is -2.18. The van der Waals surface area contributed by atoms with Crippen LogP contribution in [-0.4, -0.2) is 10.7 Å². The molecular weight excluding hydrogens is 391 g/mol. The Kier molecular flexibility index (Phi) is 4.50. The monoisotopic (exact) mass is 408 g/mol. The van der Waals surface area contributed by atoms with E-state index in [0.29, 0.717) is 6.16 Å². The summed E-state index contributed by atoms with van der Waals surface area (Å²) in [5.74, 6) is 0. The molecule has 4 rings (SSSR count). The summed E-state index contributed by atoms with van der Waals surface area (Å²) in [6, 6.07) is 30.5. The quantitative estimate of drug-likeness (QED) is 0.382. The Balaban J connectivity index is 1.90. The Morgan fingerprint density at radius 3 is 1.76 bits per heavy atom. The van der Waals surface area contributed by atoms with Crippen LogP contribution in [0.4, 0.5) is 0 Å². The molecule has 1 aliphatic rings. The number of rotatable bonds is 3. The minimum atomic E-state index is -2.61. The van der Waals surface area contributed by atoms with E-state index in [1.54, 1.807) is 0 Å². The van der Waals surface area contributed by atoms with Gasteiger partial charge >= 0.3 is 0 Å². The van der Waals surface area contributed by atoms with Crippen molar-refractivity contribution in [2.45, 2.75) is 4.57 Å². The van der Waals surface area contributed by atoms with Gasteiger partial charge in [-0.05, 0) is 22.3 Å². The second kappa shape index (κ2) is 6.78. The fraction of sp³-hybridized carbons (Fsp3) is 0.0909. The molecule has 0 N–H and O–H groups in total. The van der Waals surface area contributed by atoms with E-state index in [-0.39, 0.29) is 4.57 Å². The van der Waals surface area contributed by atoms with E-state index in [0.717, 1.165) is 22.0 Å². The molecular formula is C22H18BrOP. The van der Waals surface area contributed by atoms with Crippen LogP contribution in [0, 0.1) is 0 Å². The summed E-state index contributed by atoms with van der Waals surface area (Å²) < 4.78 is 13.9. The average molecular weight is 409 g/mol. The average Bonchev–Trinajstić information content (AvgIpc) is 2.96. The lowest BCUT2D eigenvalue weighted by Crippen LogP contribution is -2.11. The van der Waals surface area contributed by atoms with Gasteiger partial charge in [0.25, 0.3) is 0 Å². The zero-order valence-corrected chi connectivity index (χ0v) is 16.2. The van der Waals surface area contributed by atoms with Gasteiger partial charge in [-0.1, -0.05) is 107 Å². The molecule has 0 bridgehead atoms. The van der Waals surface area contributed by atoms with Gasteiger partial charge in [-0.15, -0.1) is 0 Å². The zero-order chi connectivity index (χ0) is 17.3. The van der Waals surface area contributed by atoms with E-state index in [1.165, 1.54) is 5.57 Å². The van der Waals surface area contributed by atoms with Gasteiger partial charge in [0.2, 0.25) is 0 Å². The minimum absolute atomic E-state index is 0.167. The number of halogens is 1. The summed E-state index contributed by atoms with van der Waals surface area (Å²) in [4.78, 5) is 0. The predicted octanol–water partition coefficient (Wildman–Crippen LogP) is 6.02. The molecule has 1 nitrogen and oxygen atoms in total. The molecule has 3 aromatic carbocycles. The first-order valence-corrected chi connectivity index (χ1v) is 11.2. The molecule has 0 saturated heterocycles. The number of benzene rings is 3. The van der Waals surface area contributed by atoms with Gasteiger partial charge < -0.3 is 4.57 Å². The summed E-state index contributed by atoms with van der Waals surface area (Å²) in [6.45, 7) is 0. The third-order valence-electron chi connectivity index (χ3n) is 4.72. The lowest BCUT2D eigenvalue weighted by molar-refractivity contribution is 0.585. The van der Waals surface area contributed by atoms with Crippen LogP contribution in [0.5, 0.6) is 0 Å². The van der Waals surface area contributed by atoms with Crippen LogP contribution in [0.2, 0.25) is 0 Å². The van der Waals surface area contributed by atoms with Crippen LogP contribution in [0.3, 0.4) is 0 Å². The fourth-order valence-corrected chi connectivity index (χ4v) is 7.98. The van der Waals surface area contributed by atoms with Crippen LogP contribution in [0.25, 0.3) is 11.1 Å². The number of allylic oxidation sites excluding steroid dienone is 2.